The standard InChI is InChI=1S/C19H22F3N3O4/c1-4-25-9-15(16(24-25)18(27)29-12(2)3)23-17(26)14-7-5-6-13(8-14)10-28-11-19(20,21)22/h5-9,12H,4,10-11H2,1-3H3,(H,23,26). The van der Waals surface area contributed by atoms with Crippen molar-refractivity contribution in [1.29, 1.82) is 0 Å². The number of carbonyl (C=O) groups excluding carboxylic acids is 2. The summed E-state index contributed by atoms with van der Waals surface area (Å²) in [6.45, 7) is 4.02. The highest BCUT2D eigenvalue weighted by Crippen LogP contribution is 2.19. The molecule has 0 saturated heterocycles. The number of halogens is 3. The van der Waals surface area contributed by atoms with Gasteiger partial charge in [0.15, 0.2) is 5.69 Å². The minimum atomic E-state index is -4.42. The molecule has 0 fully saturated rings. The van der Waals surface area contributed by atoms with Crippen LogP contribution in [0.3, 0.4) is 0 Å². The SMILES string of the molecule is CCn1cc(NC(=O)c2cccc(COCC(F)(F)F)c2)c(C(=O)OC(C)C)n1. The predicted octanol–water partition coefficient (Wildman–Crippen LogP) is 3.80. The van der Waals surface area contributed by atoms with Crippen LogP contribution in [0, 0.1) is 0 Å². The monoisotopic (exact) mass is 413 g/mol. The highest BCUT2D eigenvalue weighted by molar-refractivity contribution is 6.07. The number of alkyl halides is 3. The Hall–Kier alpha value is -2.88. The molecular weight excluding hydrogens is 391 g/mol. The topological polar surface area (TPSA) is 82.5 Å². The van der Waals surface area contributed by atoms with Crippen LogP contribution < -0.4 is 5.32 Å². The molecule has 0 aliphatic heterocycles. The Morgan fingerprint density at radius 1 is 1.28 bits per heavy atom. The fourth-order valence-electron chi connectivity index (χ4n) is 2.38. The van der Waals surface area contributed by atoms with Gasteiger partial charge in [0.1, 0.15) is 6.61 Å². The number of esters is 1. The molecule has 0 aliphatic carbocycles. The van der Waals surface area contributed by atoms with Crippen LogP contribution in [0.15, 0.2) is 30.5 Å². The molecule has 7 nitrogen and oxygen atoms in total. The number of aryl methyl sites for hydroxylation is 1. The highest BCUT2D eigenvalue weighted by atomic mass is 19.4. The van der Waals surface area contributed by atoms with Crippen LogP contribution in [0.1, 0.15) is 47.2 Å². The summed E-state index contributed by atoms with van der Waals surface area (Å²) < 4.78 is 47.8. The first-order chi connectivity index (χ1) is 13.6. The Bertz CT molecular complexity index is 863. The lowest BCUT2D eigenvalue weighted by atomic mass is 10.1. The number of nitrogens with zero attached hydrogens (tertiary/aromatic N) is 2. The summed E-state index contributed by atoms with van der Waals surface area (Å²) in [7, 11) is 0. The maximum absolute atomic E-state index is 12.6. The number of hydrogen-bond donors (Lipinski definition) is 1. The Morgan fingerprint density at radius 3 is 2.62 bits per heavy atom. The molecule has 0 unspecified atom stereocenters. The summed E-state index contributed by atoms with van der Waals surface area (Å²) in [6.07, 6.45) is -3.27. The second-order valence-electron chi connectivity index (χ2n) is 6.46. The third-order valence-corrected chi connectivity index (χ3v) is 3.59. The molecule has 10 heteroatoms. The van der Waals surface area contributed by atoms with Gasteiger partial charge in [0.05, 0.1) is 18.4 Å². The molecule has 2 rings (SSSR count). The zero-order chi connectivity index (χ0) is 21.6. The van der Waals surface area contributed by atoms with Gasteiger partial charge in [0.2, 0.25) is 0 Å². The molecule has 29 heavy (non-hydrogen) atoms. The molecular formula is C19H22F3N3O4. The summed E-state index contributed by atoms with van der Waals surface area (Å²) in [5, 5.41) is 6.71. The lowest BCUT2D eigenvalue weighted by Gasteiger charge is -2.10. The summed E-state index contributed by atoms with van der Waals surface area (Å²) >= 11 is 0. The number of nitrogens with one attached hydrogen (secondary N) is 1. The van der Waals surface area contributed by atoms with Crippen molar-refractivity contribution in [2.24, 2.45) is 0 Å². The zero-order valence-electron chi connectivity index (χ0n) is 16.2. The number of anilines is 1. The summed E-state index contributed by atoms with van der Waals surface area (Å²) in [5.74, 6) is -1.21. The first-order valence-corrected chi connectivity index (χ1v) is 8.92. The number of benzene rings is 1. The average molecular weight is 413 g/mol. The van der Waals surface area contributed by atoms with Gasteiger partial charge in [-0.25, -0.2) is 4.79 Å². The van der Waals surface area contributed by atoms with Crippen molar-refractivity contribution in [3.63, 3.8) is 0 Å². The van der Waals surface area contributed by atoms with Crippen molar-refractivity contribution >= 4 is 17.6 Å². The molecule has 2 aromatic rings. The van der Waals surface area contributed by atoms with Crippen LogP contribution in [0.25, 0.3) is 0 Å². The Balaban J connectivity index is 2.13. The van der Waals surface area contributed by atoms with Crippen molar-refractivity contribution in [3.8, 4) is 0 Å². The van der Waals surface area contributed by atoms with Gasteiger partial charge in [-0.15, -0.1) is 0 Å². The lowest BCUT2D eigenvalue weighted by Crippen LogP contribution is -2.18. The van der Waals surface area contributed by atoms with E-state index >= 15 is 0 Å². The van der Waals surface area contributed by atoms with Crippen LogP contribution in [-0.2, 0) is 22.6 Å². The quantitative estimate of drug-likeness (QED) is 0.666. The van der Waals surface area contributed by atoms with Gasteiger partial charge in [0, 0.05) is 18.3 Å². The second-order valence-corrected chi connectivity index (χ2v) is 6.46. The van der Waals surface area contributed by atoms with Gasteiger partial charge in [-0.2, -0.15) is 18.3 Å². The van der Waals surface area contributed by atoms with Crippen molar-refractivity contribution in [2.75, 3.05) is 11.9 Å². The van der Waals surface area contributed by atoms with Crippen molar-refractivity contribution < 1.29 is 32.2 Å². The minimum absolute atomic E-state index is 0.0291. The molecule has 0 saturated carbocycles. The second kappa shape index (κ2) is 9.55. The Morgan fingerprint density at radius 2 is 2.00 bits per heavy atom. The number of ether oxygens (including phenoxy) is 2. The molecule has 1 amide bonds. The number of aromatic nitrogens is 2. The largest absolute Gasteiger partial charge is 0.458 e. The number of rotatable bonds is 8. The normalized spacial score (nSPS) is 11.6. The summed E-state index contributed by atoms with van der Waals surface area (Å²) in [4.78, 5) is 24.8. The first kappa shape index (κ1) is 22.4. The number of amides is 1. The van der Waals surface area contributed by atoms with E-state index in [1.165, 1.54) is 29.1 Å². The summed E-state index contributed by atoms with van der Waals surface area (Å²) in [5.41, 5.74) is 0.760. The molecule has 0 aliphatic rings. The first-order valence-electron chi connectivity index (χ1n) is 8.92. The van der Waals surface area contributed by atoms with E-state index in [1.54, 1.807) is 19.9 Å². The summed E-state index contributed by atoms with van der Waals surface area (Å²) in [6, 6.07) is 6.00. The maximum atomic E-state index is 12.6. The maximum Gasteiger partial charge on any atom is 0.411 e. The van der Waals surface area contributed by atoms with E-state index in [1.807, 2.05) is 6.92 Å². The van der Waals surface area contributed by atoms with Gasteiger partial charge in [0.25, 0.3) is 5.91 Å². The fourth-order valence-corrected chi connectivity index (χ4v) is 2.38. The molecule has 158 valence electrons. The Kier molecular flexibility index (Phi) is 7.38. The van der Waals surface area contributed by atoms with E-state index in [0.29, 0.717) is 12.1 Å². The molecule has 1 aromatic carbocycles. The average Bonchev–Trinajstić information content (AvgIpc) is 3.03. The third kappa shape index (κ3) is 6.90. The van der Waals surface area contributed by atoms with Crippen LogP contribution >= 0.6 is 0 Å². The lowest BCUT2D eigenvalue weighted by molar-refractivity contribution is -0.176. The van der Waals surface area contributed by atoms with Gasteiger partial charge < -0.3 is 14.8 Å². The van der Waals surface area contributed by atoms with E-state index < -0.39 is 24.7 Å². The van der Waals surface area contributed by atoms with E-state index in [-0.39, 0.29) is 29.7 Å². The highest BCUT2D eigenvalue weighted by Gasteiger charge is 2.27. The van der Waals surface area contributed by atoms with Crippen molar-refractivity contribution in [1.82, 2.24) is 9.78 Å². The van der Waals surface area contributed by atoms with Gasteiger partial charge in [-0.05, 0) is 38.5 Å². The van der Waals surface area contributed by atoms with Gasteiger partial charge in [-0.1, -0.05) is 12.1 Å². The van der Waals surface area contributed by atoms with Crippen molar-refractivity contribution in [3.05, 3.63) is 47.3 Å². The fraction of sp³-hybridized carbons (Fsp3) is 0.421. The van der Waals surface area contributed by atoms with E-state index in [9.17, 15) is 22.8 Å². The molecule has 1 aromatic heterocycles. The smallest absolute Gasteiger partial charge is 0.411 e. The van der Waals surface area contributed by atoms with E-state index in [4.69, 9.17) is 4.74 Å². The van der Waals surface area contributed by atoms with Crippen LogP contribution in [0.4, 0.5) is 18.9 Å². The van der Waals surface area contributed by atoms with E-state index in [0.717, 1.165) is 0 Å². The van der Waals surface area contributed by atoms with Gasteiger partial charge >= 0.3 is 12.1 Å². The minimum Gasteiger partial charge on any atom is -0.458 e. The zero-order valence-corrected chi connectivity index (χ0v) is 16.2. The van der Waals surface area contributed by atoms with E-state index in [2.05, 4.69) is 15.2 Å². The predicted molar refractivity (Wildman–Crippen MR) is 98.6 cm³/mol. The molecule has 1 heterocycles. The third-order valence-electron chi connectivity index (χ3n) is 3.59. The van der Waals surface area contributed by atoms with Gasteiger partial charge in [-0.3, -0.25) is 9.48 Å². The van der Waals surface area contributed by atoms with Crippen molar-refractivity contribution in [2.45, 2.75) is 46.2 Å². The molecule has 0 radical (unpaired) electrons. The molecule has 0 bridgehead atoms. The number of hydrogen-bond acceptors (Lipinski definition) is 5. The van der Waals surface area contributed by atoms with Crippen LogP contribution in [0.2, 0.25) is 0 Å². The Labute approximate surface area is 165 Å². The number of carbonyl (C=O) groups is 2. The molecule has 0 spiro atoms. The molecule has 1 N–H and O–H groups in total. The molecule has 0 atom stereocenters. The van der Waals surface area contributed by atoms with Crippen LogP contribution in [0.5, 0.6) is 0 Å². The van der Waals surface area contributed by atoms with Crippen LogP contribution in [-0.4, -0.2) is 40.5 Å².